The summed E-state index contributed by atoms with van der Waals surface area (Å²) in [6, 6.07) is 0. The molecule has 1 saturated heterocycles. The van der Waals surface area contributed by atoms with Crippen LogP contribution in [-0.2, 0) is 13.6 Å². The van der Waals surface area contributed by atoms with Gasteiger partial charge in [0, 0.05) is 26.7 Å². The van der Waals surface area contributed by atoms with Crippen molar-refractivity contribution in [2.24, 2.45) is 12.5 Å². The van der Waals surface area contributed by atoms with Crippen LogP contribution in [0, 0.1) is 12.3 Å². The highest BCUT2D eigenvalue weighted by Crippen LogP contribution is 2.31. The molecule has 18 heavy (non-hydrogen) atoms. The van der Waals surface area contributed by atoms with E-state index >= 15 is 0 Å². The van der Waals surface area contributed by atoms with Gasteiger partial charge in [0.05, 0.1) is 16.4 Å². The first-order valence-electron chi connectivity index (χ1n) is 6.50. The van der Waals surface area contributed by atoms with Crippen molar-refractivity contribution in [3.05, 3.63) is 16.4 Å². The molecule has 0 amide bonds. The van der Waals surface area contributed by atoms with Gasteiger partial charge in [-0.15, -0.1) is 0 Å². The Bertz CT molecular complexity index is 429. The van der Waals surface area contributed by atoms with Gasteiger partial charge in [-0.3, -0.25) is 9.58 Å². The molecule has 1 unspecified atom stereocenters. The molecule has 0 spiro atoms. The SMILES string of the molecule is CNCC1(C)CCN(Cc2c(Cl)c(C)nn2C)C1. The largest absolute Gasteiger partial charge is 0.319 e. The van der Waals surface area contributed by atoms with E-state index in [9.17, 15) is 0 Å². The van der Waals surface area contributed by atoms with Crippen molar-refractivity contribution in [1.29, 1.82) is 0 Å². The number of rotatable bonds is 4. The molecular weight excluding hydrogens is 248 g/mol. The van der Waals surface area contributed by atoms with E-state index in [1.165, 1.54) is 6.42 Å². The van der Waals surface area contributed by atoms with Crippen molar-refractivity contribution in [1.82, 2.24) is 20.0 Å². The monoisotopic (exact) mass is 270 g/mol. The van der Waals surface area contributed by atoms with Gasteiger partial charge >= 0.3 is 0 Å². The summed E-state index contributed by atoms with van der Waals surface area (Å²) in [5.74, 6) is 0. The molecule has 1 N–H and O–H groups in total. The second kappa shape index (κ2) is 5.19. The number of hydrogen-bond donors (Lipinski definition) is 1. The lowest BCUT2D eigenvalue weighted by atomic mass is 9.90. The van der Waals surface area contributed by atoms with Crippen molar-refractivity contribution >= 4 is 11.6 Å². The molecular formula is C13H23ClN4. The minimum absolute atomic E-state index is 0.384. The van der Waals surface area contributed by atoms with Gasteiger partial charge in [0.2, 0.25) is 0 Å². The van der Waals surface area contributed by atoms with Gasteiger partial charge in [0.1, 0.15) is 0 Å². The summed E-state index contributed by atoms with van der Waals surface area (Å²) >= 11 is 6.30. The number of halogens is 1. The van der Waals surface area contributed by atoms with Crippen LogP contribution in [0.15, 0.2) is 0 Å². The first-order valence-corrected chi connectivity index (χ1v) is 6.88. The quantitative estimate of drug-likeness (QED) is 0.906. The fourth-order valence-electron chi connectivity index (χ4n) is 2.90. The molecule has 2 rings (SSSR count). The van der Waals surface area contributed by atoms with Gasteiger partial charge < -0.3 is 5.32 Å². The molecule has 0 radical (unpaired) electrons. The fraction of sp³-hybridized carbons (Fsp3) is 0.769. The zero-order valence-corrected chi connectivity index (χ0v) is 12.5. The van der Waals surface area contributed by atoms with Crippen LogP contribution in [0.25, 0.3) is 0 Å². The molecule has 1 aliphatic rings. The van der Waals surface area contributed by atoms with Gasteiger partial charge in [-0.2, -0.15) is 5.10 Å². The van der Waals surface area contributed by atoms with E-state index in [-0.39, 0.29) is 0 Å². The second-order valence-corrected chi connectivity index (χ2v) is 6.15. The lowest BCUT2D eigenvalue weighted by molar-refractivity contribution is 0.260. The van der Waals surface area contributed by atoms with Crippen molar-refractivity contribution in [2.45, 2.75) is 26.8 Å². The van der Waals surface area contributed by atoms with Gasteiger partial charge in [-0.25, -0.2) is 0 Å². The van der Waals surface area contributed by atoms with Crippen LogP contribution in [0.4, 0.5) is 0 Å². The Kier molecular flexibility index (Phi) is 3.99. The maximum absolute atomic E-state index is 6.30. The highest BCUT2D eigenvalue weighted by Gasteiger charge is 2.33. The standard InChI is InChI=1S/C13H23ClN4/c1-10-12(14)11(17(4)16-10)7-18-6-5-13(2,9-18)8-15-3/h15H,5-9H2,1-4H3. The molecule has 2 heterocycles. The van der Waals surface area contributed by atoms with Crippen LogP contribution in [0.3, 0.4) is 0 Å². The summed E-state index contributed by atoms with van der Waals surface area (Å²) < 4.78 is 1.91. The number of aryl methyl sites for hydroxylation is 2. The van der Waals surface area contributed by atoms with Crippen LogP contribution in [0.5, 0.6) is 0 Å². The van der Waals surface area contributed by atoms with Gasteiger partial charge in [0.15, 0.2) is 0 Å². The highest BCUT2D eigenvalue weighted by atomic mass is 35.5. The van der Waals surface area contributed by atoms with Crippen molar-refractivity contribution < 1.29 is 0 Å². The summed E-state index contributed by atoms with van der Waals surface area (Å²) in [5, 5.41) is 8.48. The molecule has 1 fully saturated rings. The summed E-state index contributed by atoms with van der Waals surface area (Å²) in [6.45, 7) is 8.53. The van der Waals surface area contributed by atoms with E-state index in [1.807, 2.05) is 25.7 Å². The van der Waals surface area contributed by atoms with E-state index in [2.05, 4.69) is 22.2 Å². The highest BCUT2D eigenvalue weighted by molar-refractivity contribution is 6.31. The zero-order chi connectivity index (χ0) is 13.3. The predicted molar refractivity (Wildman–Crippen MR) is 74.9 cm³/mol. The Hall–Kier alpha value is -0.580. The number of aromatic nitrogens is 2. The van der Waals surface area contributed by atoms with Crippen LogP contribution < -0.4 is 5.32 Å². The lowest BCUT2D eigenvalue weighted by Crippen LogP contribution is -2.33. The van der Waals surface area contributed by atoms with E-state index in [0.717, 1.165) is 42.6 Å². The Morgan fingerprint density at radius 2 is 2.22 bits per heavy atom. The smallest absolute Gasteiger partial charge is 0.0860 e. The van der Waals surface area contributed by atoms with Gasteiger partial charge in [-0.1, -0.05) is 18.5 Å². The molecule has 0 aliphatic carbocycles. The van der Waals surface area contributed by atoms with E-state index in [1.54, 1.807) is 0 Å². The normalized spacial score (nSPS) is 24.9. The molecule has 1 aromatic heterocycles. The van der Waals surface area contributed by atoms with Crippen LogP contribution in [0.2, 0.25) is 5.02 Å². The molecule has 1 aliphatic heterocycles. The topological polar surface area (TPSA) is 33.1 Å². The number of likely N-dealkylation sites (tertiary alicyclic amines) is 1. The Labute approximate surface area is 114 Å². The minimum Gasteiger partial charge on any atom is -0.319 e. The van der Waals surface area contributed by atoms with Crippen molar-refractivity contribution in [2.75, 3.05) is 26.7 Å². The van der Waals surface area contributed by atoms with Crippen molar-refractivity contribution in [3.63, 3.8) is 0 Å². The Balaban J connectivity index is 2.03. The van der Waals surface area contributed by atoms with Crippen LogP contribution in [0.1, 0.15) is 24.7 Å². The average Bonchev–Trinajstić information content (AvgIpc) is 2.76. The van der Waals surface area contributed by atoms with Crippen LogP contribution in [-0.4, -0.2) is 41.4 Å². The first-order chi connectivity index (χ1) is 8.45. The molecule has 0 aromatic carbocycles. The van der Waals surface area contributed by atoms with E-state index in [4.69, 9.17) is 11.6 Å². The Morgan fingerprint density at radius 3 is 2.78 bits per heavy atom. The van der Waals surface area contributed by atoms with Crippen molar-refractivity contribution in [3.8, 4) is 0 Å². The summed E-state index contributed by atoms with van der Waals surface area (Å²) in [5.41, 5.74) is 2.43. The fourth-order valence-corrected chi connectivity index (χ4v) is 3.12. The molecule has 1 atom stereocenters. The number of nitrogens with one attached hydrogen (secondary N) is 1. The molecule has 0 saturated carbocycles. The predicted octanol–water partition coefficient (Wildman–Crippen LogP) is 1.81. The van der Waals surface area contributed by atoms with Gasteiger partial charge in [0.25, 0.3) is 0 Å². The summed E-state index contributed by atoms with van der Waals surface area (Å²) in [4.78, 5) is 2.47. The number of hydrogen-bond acceptors (Lipinski definition) is 3. The summed E-state index contributed by atoms with van der Waals surface area (Å²) in [7, 11) is 3.99. The van der Waals surface area contributed by atoms with Crippen LogP contribution >= 0.6 is 11.6 Å². The third-order valence-electron chi connectivity index (χ3n) is 3.88. The van der Waals surface area contributed by atoms with E-state index < -0.39 is 0 Å². The lowest BCUT2D eigenvalue weighted by Gasteiger charge is -2.24. The molecule has 102 valence electrons. The maximum atomic E-state index is 6.30. The molecule has 4 nitrogen and oxygen atoms in total. The van der Waals surface area contributed by atoms with E-state index in [0.29, 0.717) is 5.41 Å². The minimum atomic E-state index is 0.384. The first kappa shape index (κ1) is 13.8. The molecule has 1 aromatic rings. The third-order valence-corrected chi connectivity index (χ3v) is 4.37. The molecule has 0 bridgehead atoms. The number of nitrogens with zero attached hydrogens (tertiary/aromatic N) is 3. The Morgan fingerprint density at radius 1 is 1.50 bits per heavy atom. The third kappa shape index (κ3) is 2.71. The van der Waals surface area contributed by atoms with Gasteiger partial charge in [-0.05, 0) is 32.4 Å². The zero-order valence-electron chi connectivity index (χ0n) is 11.8. The summed E-state index contributed by atoms with van der Waals surface area (Å²) in [6.07, 6.45) is 1.24. The second-order valence-electron chi connectivity index (χ2n) is 5.77. The molecule has 5 heteroatoms. The maximum Gasteiger partial charge on any atom is 0.0860 e. The average molecular weight is 271 g/mol.